The predicted octanol–water partition coefficient (Wildman–Crippen LogP) is 6.47. The van der Waals surface area contributed by atoms with E-state index in [9.17, 15) is 5.11 Å². The molecule has 1 N–H and O–H groups in total. The van der Waals surface area contributed by atoms with Gasteiger partial charge in [0.05, 0.1) is 0 Å². The van der Waals surface area contributed by atoms with Crippen LogP contribution in [-0.4, -0.2) is 17.3 Å². The number of aliphatic hydroxyl groups is 1. The number of halogens is 2. The molecule has 0 fully saturated rings. The third-order valence-electron chi connectivity index (χ3n) is 3.37. The van der Waals surface area contributed by atoms with Crippen LogP contribution in [-0.2, 0) is 13.1 Å². The summed E-state index contributed by atoms with van der Waals surface area (Å²) in [5.41, 5.74) is 3.76. The molecule has 1 aromatic rings. The Hall–Kier alpha value is 0.0795. The maximum absolute atomic E-state index is 9.50. The second kappa shape index (κ2) is 11.6. The average molecular weight is 389 g/mol. The van der Waals surface area contributed by atoms with Crippen molar-refractivity contribution in [2.75, 3.05) is 0 Å². The van der Waals surface area contributed by atoms with Crippen LogP contribution in [0.1, 0.15) is 70.9 Å². The van der Waals surface area contributed by atoms with Gasteiger partial charge in [-0.2, -0.15) is 0 Å². The van der Waals surface area contributed by atoms with Crippen LogP contribution in [0.4, 0.5) is 5.69 Å². The van der Waals surface area contributed by atoms with E-state index in [1.165, 1.54) is 11.1 Å². The Morgan fingerprint density at radius 2 is 1.41 bits per heavy atom. The number of hydrogen-bond acceptors (Lipinski definition) is 1. The molecular formula is C17H28Cl2FeNO. The van der Waals surface area contributed by atoms with E-state index in [0.717, 1.165) is 5.69 Å². The minimum absolute atomic E-state index is 0.150. The van der Waals surface area contributed by atoms with Gasteiger partial charge in [0.2, 0.25) is 0 Å². The predicted molar refractivity (Wildman–Crippen MR) is 95.1 cm³/mol. The van der Waals surface area contributed by atoms with Crippen LogP contribution in [0.25, 0.3) is 5.32 Å². The topological polar surface area (TPSA) is 34.3 Å². The molecule has 0 spiro atoms. The van der Waals surface area contributed by atoms with Gasteiger partial charge in [-0.15, -0.1) is 11.7 Å². The van der Waals surface area contributed by atoms with E-state index in [4.69, 9.17) is 25.5 Å². The normalized spacial score (nSPS) is 13.6. The first-order valence-electron chi connectivity index (χ1n) is 7.61. The molecule has 0 aliphatic heterocycles. The van der Waals surface area contributed by atoms with Crippen molar-refractivity contribution in [2.45, 2.75) is 71.9 Å². The zero-order chi connectivity index (χ0) is 17.3. The van der Waals surface area contributed by atoms with Crippen LogP contribution in [0.15, 0.2) is 18.2 Å². The summed E-state index contributed by atoms with van der Waals surface area (Å²) < 4.78 is 0. The number of para-hydroxylation sites is 1. The van der Waals surface area contributed by atoms with E-state index in [2.05, 4.69) is 52.8 Å². The Morgan fingerprint density at radius 1 is 1.00 bits per heavy atom. The fourth-order valence-electron chi connectivity index (χ4n) is 2.43. The van der Waals surface area contributed by atoms with Crippen LogP contribution in [0.3, 0.4) is 0 Å². The molecule has 5 heteroatoms. The molecule has 22 heavy (non-hydrogen) atoms. The SMILES string of the molecule is CC(O)CC(C)[N-]c1c(C(C)C)cccc1C(C)C.[Cl][Fe+][Cl]. The molecule has 2 nitrogen and oxygen atoms in total. The molecule has 0 amide bonds. The summed E-state index contributed by atoms with van der Waals surface area (Å²) in [7, 11) is 9.53. The van der Waals surface area contributed by atoms with Gasteiger partial charge in [0.15, 0.2) is 0 Å². The molecule has 1 aromatic carbocycles. The van der Waals surface area contributed by atoms with Gasteiger partial charge in [0.25, 0.3) is 0 Å². The summed E-state index contributed by atoms with van der Waals surface area (Å²) in [6, 6.07) is 6.62. The van der Waals surface area contributed by atoms with Crippen molar-refractivity contribution < 1.29 is 18.2 Å². The zero-order valence-electron chi connectivity index (χ0n) is 14.3. The molecule has 2 atom stereocenters. The fraction of sp³-hybridized carbons (Fsp3) is 0.647. The third-order valence-corrected chi connectivity index (χ3v) is 3.37. The molecule has 0 aliphatic rings. The molecular weight excluding hydrogens is 361 g/mol. The van der Waals surface area contributed by atoms with Crippen molar-refractivity contribution in [3.8, 4) is 0 Å². The first kappa shape index (κ1) is 22.1. The number of aliphatic hydroxyl groups excluding tert-OH is 1. The third kappa shape index (κ3) is 8.08. The van der Waals surface area contributed by atoms with Gasteiger partial charge in [-0.3, -0.25) is 0 Å². The number of hydrogen-bond donors (Lipinski definition) is 1. The quantitative estimate of drug-likeness (QED) is 0.556. The molecule has 0 saturated heterocycles. The van der Waals surface area contributed by atoms with Gasteiger partial charge in [-0.25, -0.2) is 0 Å². The van der Waals surface area contributed by atoms with Crippen molar-refractivity contribution in [2.24, 2.45) is 0 Å². The summed E-state index contributed by atoms with van der Waals surface area (Å²) in [6.07, 6.45) is 0.414. The molecule has 0 saturated carbocycles. The van der Waals surface area contributed by atoms with E-state index in [0.29, 0.717) is 18.3 Å². The summed E-state index contributed by atoms with van der Waals surface area (Å²) in [4.78, 5) is 0. The van der Waals surface area contributed by atoms with Gasteiger partial charge >= 0.3 is 33.3 Å². The number of rotatable bonds is 6. The van der Waals surface area contributed by atoms with E-state index < -0.39 is 0 Å². The molecule has 1 rings (SSSR count). The average Bonchev–Trinajstić information content (AvgIpc) is 2.38. The van der Waals surface area contributed by atoms with Crippen LogP contribution in [0, 0.1) is 0 Å². The fourth-order valence-corrected chi connectivity index (χ4v) is 2.43. The van der Waals surface area contributed by atoms with E-state index in [1.54, 1.807) is 0 Å². The van der Waals surface area contributed by atoms with Crippen molar-refractivity contribution in [1.82, 2.24) is 0 Å². The Labute approximate surface area is 150 Å². The second-order valence-corrected chi connectivity index (χ2v) is 8.03. The van der Waals surface area contributed by atoms with Crippen molar-refractivity contribution >= 4 is 25.9 Å². The van der Waals surface area contributed by atoms with Crippen LogP contribution in [0.5, 0.6) is 0 Å². The van der Waals surface area contributed by atoms with E-state index in [-0.39, 0.29) is 25.3 Å². The summed E-state index contributed by atoms with van der Waals surface area (Å²) in [6.45, 7) is 12.7. The summed E-state index contributed by atoms with van der Waals surface area (Å²) in [5, 5.41) is 14.4. The summed E-state index contributed by atoms with van der Waals surface area (Å²) >= 11 is 0.194. The molecule has 129 valence electrons. The molecule has 0 aliphatic carbocycles. The summed E-state index contributed by atoms with van der Waals surface area (Å²) in [5.74, 6) is 0.937. The van der Waals surface area contributed by atoms with Gasteiger partial charge in [-0.1, -0.05) is 63.9 Å². The van der Waals surface area contributed by atoms with Crippen molar-refractivity contribution in [3.05, 3.63) is 34.6 Å². The first-order chi connectivity index (χ1) is 10.2. The zero-order valence-corrected chi connectivity index (χ0v) is 16.9. The molecule has 0 bridgehead atoms. The monoisotopic (exact) mass is 388 g/mol. The standard InChI is InChI=1S/C17H28NO.2ClH.Fe/c1-11(2)15-8-7-9-16(12(3)4)17(15)18-13(5)10-14(6)19;;;/h7-9,11-14,19H,10H2,1-6H3;2*1H;/q-1;;;+3/p-2. The second-order valence-electron chi connectivity index (χ2n) is 6.21. The maximum atomic E-state index is 9.50. The van der Waals surface area contributed by atoms with Crippen LogP contribution >= 0.6 is 20.2 Å². The molecule has 0 radical (unpaired) electrons. The van der Waals surface area contributed by atoms with E-state index >= 15 is 0 Å². The minimum atomic E-state index is -0.299. The van der Waals surface area contributed by atoms with Crippen LogP contribution < -0.4 is 0 Å². The Kier molecular flexibility index (Phi) is 11.6. The Balaban J connectivity index is 0.00000135. The van der Waals surface area contributed by atoms with Gasteiger partial charge in [0.1, 0.15) is 0 Å². The van der Waals surface area contributed by atoms with E-state index in [1.807, 2.05) is 6.92 Å². The van der Waals surface area contributed by atoms with Gasteiger partial charge < -0.3 is 10.4 Å². The van der Waals surface area contributed by atoms with Crippen LogP contribution in [0.2, 0.25) is 0 Å². The Bertz CT molecular complexity index is 399. The Morgan fingerprint density at radius 3 is 1.73 bits per heavy atom. The first-order valence-corrected chi connectivity index (χ1v) is 10.6. The van der Waals surface area contributed by atoms with Crippen molar-refractivity contribution in [3.63, 3.8) is 0 Å². The van der Waals surface area contributed by atoms with Gasteiger partial charge in [-0.05, 0) is 25.2 Å². The molecule has 0 heterocycles. The van der Waals surface area contributed by atoms with Crippen molar-refractivity contribution in [1.29, 1.82) is 0 Å². The number of nitrogens with zero attached hydrogens (tertiary/aromatic N) is 1. The molecule has 0 aromatic heterocycles. The van der Waals surface area contributed by atoms with Gasteiger partial charge in [0, 0.05) is 6.10 Å². The molecule has 2 unspecified atom stereocenters. The number of benzene rings is 1.